The molecule has 5 N–H and O–H groups in total. The van der Waals surface area contributed by atoms with Crippen LogP contribution in [0.3, 0.4) is 0 Å². The van der Waals surface area contributed by atoms with Gasteiger partial charge in [-0.3, -0.25) is 19.1 Å². The van der Waals surface area contributed by atoms with Gasteiger partial charge < -0.3 is 24.7 Å². The summed E-state index contributed by atoms with van der Waals surface area (Å²) in [6, 6.07) is 0. The molecule has 1 aromatic heterocycles. The number of rotatable bonds is 7. The lowest BCUT2D eigenvalue weighted by molar-refractivity contribution is 0.101. The minimum Gasteiger partial charge on any atom is -0.372 e. The lowest BCUT2D eigenvalue weighted by Crippen LogP contribution is -2.31. The van der Waals surface area contributed by atoms with Crippen LogP contribution in [0.5, 0.6) is 0 Å². The Morgan fingerprint density at radius 1 is 1.14 bits per heavy atom. The third-order valence-corrected chi connectivity index (χ3v) is 5.40. The van der Waals surface area contributed by atoms with E-state index in [2.05, 4.69) is 22.6 Å². The summed E-state index contributed by atoms with van der Waals surface area (Å²) in [5.41, 5.74) is -0.0779. The van der Waals surface area contributed by atoms with Crippen LogP contribution in [0.4, 0.5) is 0 Å². The monoisotopic (exact) mass is 358 g/mol. The SMILES string of the molecule is O=P(O)(O)CC(O)(c1cnc(CCCS)cn1)P(=O)(O)O. The Morgan fingerprint density at radius 3 is 2.14 bits per heavy atom. The molecule has 1 aromatic rings. The zero-order chi connectivity index (χ0) is 16.3. The molecule has 0 spiro atoms. The first-order valence-corrected chi connectivity index (χ1v) is 9.79. The van der Waals surface area contributed by atoms with E-state index in [0.717, 1.165) is 6.20 Å². The molecule has 0 aromatic carbocycles. The molecule has 0 saturated carbocycles. The van der Waals surface area contributed by atoms with Gasteiger partial charge >= 0.3 is 15.2 Å². The van der Waals surface area contributed by atoms with E-state index >= 15 is 0 Å². The van der Waals surface area contributed by atoms with Crippen molar-refractivity contribution in [1.82, 2.24) is 9.97 Å². The summed E-state index contributed by atoms with van der Waals surface area (Å²) >= 11 is 4.02. The van der Waals surface area contributed by atoms with Crippen LogP contribution in [0.15, 0.2) is 12.4 Å². The number of aliphatic hydroxyl groups is 1. The van der Waals surface area contributed by atoms with Crippen molar-refractivity contribution in [3.05, 3.63) is 23.8 Å². The average molecular weight is 358 g/mol. The van der Waals surface area contributed by atoms with E-state index in [9.17, 15) is 24.0 Å². The molecule has 0 saturated heterocycles. The molecule has 0 radical (unpaired) electrons. The quantitative estimate of drug-likeness (QED) is 0.287. The molecule has 0 aliphatic rings. The van der Waals surface area contributed by atoms with Crippen molar-refractivity contribution in [2.75, 3.05) is 11.9 Å². The fraction of sp³-hybridized carbons (Fsp3) is 0.556. The van der Waals surface area contributed by atoms with Crippen molar-refractivity contribution in [2.45, 2.75) is 18.2 Å². The summed E-state index contributed by atoms with van der Waals surface area (Å²) in [4.78, 5) is 43.8. The third-order valence-electron chi connectivity index (χ3n) is 2.61. The van der Waals surface area contributed by atoms with Crippen LogP contribution in [0.25, 0.3) is 0 Å². The Kier molecular flexibility index (Phi) is 6.11. The van der Waals surface area contributed by atoms with E-state index in [1.807, 2.05) is 0 Å². The van der Waals surface area contributed by atoms with E-state index < -0.39 is 32.4 Å². The van der Waals surface area contributed by atoms with E-state index in [4.69, 9.17) is 9.79 Å². The third kappa shape index (κ3) is 5.12. The largest absolute Gasteiger partial charge is 0.372 e. The van der Waals surface area contributed by atoms with Gasteiger partial charge in [-0.05, 0) is 18.6 Å². The fourth-order valence-electron chi connectivity index (χ4n) is 1.56. The van der Waals surface area contributed by atoms with Gasteiger partial charge in [0, 0.05) is 6.20 Å². The average Bonchev–Trinajstić information content (AvgIpc) is 2.33. The highest BCUT2D eigenvalue weighted by molar-refractivity contribution is 7.80. The summed E-state index contributed by atoms with van der Waals surface area (Å²) in [5.74, 6) is 0.619. The van der Waals surface area contributed by atoms with Crippen molar-refractivity contribution in [3.8, 4) is 0 Å². The van der Waals surface area contributed by atoms with E-state index in [0.29, 0.717) is 24.3 Å². The van der Waals surface area contributed by atoms with Crippen LogP contribution in [0.2, 0.25) is 0 Å². The number of thiol groups is 1. The minimum absolute atomic E-state index is 0.511. The summed E-state index contributed by atoms with van der Waals surface area (Å²) in [5, 5.41) is 6.97. The first-order chi connectivity index (χ1) is 9.49. The Balaban J connectivity index is 3.16. The van der Waals surface area contributed by atoms with E-state index in [1.165, 1.54) is 6.20 Å². The maximum atomic E-state index is 11.4. The van der Waals surface area contributed by atoms with Crippen molar-refractivity contribution in [3.63, 3.8) is 0 Å². The first-order valence-electron chi connectivity index (χ1n) is 5.74. The first kappa shape index (κ1) is 18.7. The normalized spacial score (nSPS) is 15.7. The van der Waals surface area contributed by atoms with Crippen molar-refractivity contribution >= 4 is 27.8 Å². The number of nitrogens with zero attached hydrogens (tertiary/aromatic N) is 2. The van der Waals surface area contributed by atoms with Gasteiger partial charge in [-0.25, -0.2) is 0 Å². The summed E-state index contributed by atoms with van der Waals surface area (Å²) < 4.78 is 22.4. The van der Waals surface area contributed by atoms with Crippen molar-refractivity contribution < 1.29 is 33.8 Å². The second-order valence-corrected chi connectivity index (χ2v) is 8.32. The van der Waals surface area contributed by atoms with Gasteiger partial charge in [0.25, 0.3) is 0 Å². The molecule has 21 heavy (non-hydrogen) atoms. The molecule has 12 heteroatoms. The zero-order valence-corrected chi connectivity index (χ0v) is 13.5. The van der Waals surface area contributed by atoms with Gasteiger partial charge in [-0.15, -0.1) is 0 Å². The van der Waals surface area contributed by atoms with Crippen LogP contribution in [-0.2, 0) is 20.9 Å². The summed E-state index contributed by atoms with van der Waals surface area (Å²) in [6.45, 7) is 0. The summed E-state index contributed by atoms with van der Waals surface area (Å²) in [6.07, 6.45) is 1.89. The van der Waals surface area contributed by atoms with Crippen LogP contribution >= 0.6 is 27.8 Å². The van der Waals surface area contributed by atoms with Gasteiger partial charge in [0.2, 0.25) is 5.34 Å². The fourth-order valence-corrected chi connectivity index (χ4v) is 4.16. The number of hydrogen-bond donors (Lipinski definition) is 6. The van der Waals surface area contributed by atoms with Crippen LogP contribution in [-0.4, -0.2) is 46.6 Å². The van der Waals surface area contributed by atoms with Crippen molar-refractivity contribution in [2.24, 2.45) is 0 Å². The van der Waals surface area contributed by atoms with Gasteiger partial charge in [-0.2, -0.15) is 12.6 Å². The lowest BCUT2D eigenvalue weighted by atomic mass is 10.2. The zero-order valence-electron chi connectivity index (χ0n) is 10.8. The van der Waals surface area contributed by atoms with Gasteiger partial charge in [-0.1, -0.05) is 0 Å². The number of aromatic nitrogens is 2. The maximum Gasteiger partial charge on any atom is 0.363 e. The molecule has 0 bridgehead atoms. The molecule has 0 amide bonds. The molecular weight excluding hydrogens is 342 g/mol. The van der Waals surface area contributed by atoms with Crippen LogP contribution < -0.4 is 0 Å². The predicted molar refractivity (Wildman–Crippen MR) is 77.1 cm³/mol. The van der Waals surface area contributed by atoms with Gasteiger partial charge in [0.1, 0.15) is 5.69 Å². The molecule has 1 atom stereocenters. The highest BCUT2D eigenvalue weighted by atomic mass is 32.1. The molecule has 0 aliphatic heterocycles. The topological polar surface area (TPSA) is 161 Å². The predicted octanol–water partition coefficient (Wildman–Crippen LogP) is -0.160. The molecule has 120 valence electrons. The molecule has 1 rings (SSSR count). The molecule has 9 nitrogen and oxygen atoms in total. The Bertz CT molecular complexity index is 572. The standard InChI is InChI=1S/C9H16N2O7P2S/c12-9(20(16,17)18,6-19(13,14)15)8-5-10-7(4-11-8)2-1-3-21/h4-5,12,21H,1-3,6H2,(H2,13,14,15)(H2,16,17,18). The van der Waals surface area contributed by atoms with Crippen LogP contribution in [0.1, 0.15) is 17.8 Å². The van der Waals surface area contributed by atoms with Crippen molar-refractivity contribution in [1.29, 1.82) is 0 Å². The lowest BCUT2D eigenvalue weighted by Gasteiger charge is -2.28. The van der Waals surface area contributed by atoms with Gasteiger partial charge in [0.05, 0.1) is 18.1 Å². The smallest absolute Gasteiger partial charge is 0.363 e. The summed E-state index contributed by atoms with van der Waals surface area (Å²) in [7, 11) is -10.2. The molecular formula is C9H16N2O7P2S. The minimum atomic E-state index is -5.29. The Labute approximate surface area is 126 Å². The molecule has 0 aliphatic carbocycles. The number of aryl methyl sites for hydroxylation is 1. The second-order valence-electron chi connectivity index (χ2n) is 4.40. The second kappa shape index (κ2) is 6.85. The number of hydrogen-bond acceptors (Lipinski definition) is 6. The van der Waals surface area contributed by atoms with Gasteiger partial charge in [0.15, 0.2) is 0 Å². The highest BCUT2D eigenvalue weighted by Gasteiger charge is 2.52. The molecule has 0 fully saturated rings. The van der Waals surface area contributed by atoms with Crippen LogP contribution in [0, 0.1) is 0 Å². The van der Waals surface area contributed by atoms with E-state index in [1.54, 1.807) is 0 Å². The Morgan fingerprint density at radius 2 is 1.76 bits per heavy atom. The molecule has 1 unspecified atom stereocenters. The maximum absolute atomic E-state index is 11.4. The molecule has 1 heterocycles. The van der Waals surface area contributed by atoms with E-state index in [-0.39, 0.29) is 0 Å². The highest BCUT2D eigenvalue weighted by Crippen LogP contribution is 2.59. The Hall–Kier alpha value is -0.310.